The average molecular weight is 276 g/mol. The number of aromatic nitrogens is 2. The molecule has 4 heteroatoms. The Kier molecular flexibility index (Phi) is 5.62. The number of hydrogen-bond acceptors (Lipinski definition) is 4. The Bertz CT molecular complexity index is 413. The van der Waals surface area contributed by atoms with E-state index in [0.717, 1.165) is 37.1 Å². The molecule has 0 saturated heterocycles. The minimum absolute atomic E-state index is 0.830. The molecule has 0 unspecified atom stereocenters. The number of anilines is 2. The average Bonchev–Trinajstić information content (AvgIpc) is 2.48. The fourth-order valence-electron chi connectivity index (χ4n) is 3.22. The Hall–Kier alpha value is -1.32. The topological polar surface area (TPSA) is 41.1 Å². The summed E-state index contributed by atoms with van der Waals surface area (Å²) < 4.78 is 0. The molecule has 0 amide bonds. The minimum Gasteiger partial charge on any atom is -0.370 e. The summed E-state index contributed by atoms with van der Waals surface area (Å²) in [5.41, 5.74) is 1.24. The lowest BCUT2D eigenvalue weighted by Gasteiger charge is -2.29. The first-order valence-corrected chi connectivity index (χ1v) is 8.05. The summed E-state index contributed by atoms with van der Waals surface area (Å²) in [4.78, 5) is 11.2. The molecule has 1 N–H and O–H groups in total. The third-order valence-electron chi connectivity index (χ3n) is 4.24. The molecule has 1 aliphatic carbocycles. The van der Waals surface area contributed by atoms with Crippen LogP contribution in [0.5, 0.6) is 0 Å². The van der Waals surface area contributed by atoms with Gasteiger partial charge in [-0.05, 0) is 32.1 Å². The van der Waals surface area contributed by atoms with E-state index in [1.165, 1.54) is 37.7 Å². The Morgan fingerprint density at radius 1 is 1.20 bits per heavy atom. The van der Waals surface area contributed by atoms with E-state index in [0.29, 0.717) is 0 Å². The molecule has 2 rings (SSSR count). The van der Waals surface area contributed by atoms with Gasteiger partial charge in [-0.25, -0.2) is 9.97 Å². The van der Waals surface area contributed by atoms with Gasteiger partial charge in [0.05, 0.1) is 0 Å². The molecule has 20 heavy (non-hydrogen) atoms. The van der Waals surface area contributed by atoms with E-state index in [1.54, 1.807) is 6.33 Å². The van der Waals surface area contributed by atoms with Crippen LogP contribution in [0.4, 0.5) is 11.6 Å². The Morgan fingerprint density at radius 2 is 1.95 bits per heavy atom. The summed E-state index contributed by atoms with van der Waals surface area (Å²) >= 11 is 0. The van der Waals surface area contributed by atoms with Crippen molar-refractivity contribution in [2.75, 3.05) is 30.4 Å². The van der Waals surface area contributed by atoms with Crippen molar-refractivity contribution in [3.8, 4) is 0 Å². The summed E-state index contributed by atoms with van der Waals surface area (Å²) in [7, 11) is 2.17. The van der Waals surface area contributed by atoms with Crippen LogP contribution in [0.25, 0.3) is 0 Å². The molecule has 0 spiro atoms. The van der Waals surface area contributed by atoms with Crippen molar-refractivity contribution in [1.29, 1.82) is 0 Å². The molecule has 4 nitrogen and oxygen atoms in total. The third-order valence-corrected chi connectivity index (χ3v) is 4.24. The van der Waals surface area contributed by atoms with Gasteiger partial charge in [-0.2, -0.15) is 0 Å². The van der Waals surface area contributed by atoms with E-state index in [2.05, 4.69) is 41.1 Å². The molecule has 112 valence electrons. The van der Waals surface area contributed by atoms with E-state index in [-0.39, 0.29) is 0 Å². The van der Waals surface area contributed by atoms with Gasteiger partial charge < -0.3 is 10.2 Å². The highest BCUT2D eigenvalue weighted by Crippen LogP contribution is 2.28. The van der Waals surface area contributed by atoms with E-state index in [9.17, 15) is 0 Å². The van der Waals surface area contributed by atoms with Gasteiger partial charge in [-0.1, -0.05) is 26.2 Å². The van der Waals surface area contributed by atoms with E-state index >= 15 is 0 Å². The molecule has 0 radical (unpaired) electrons. The normalized spacial score (nSPS) is 16.1. The molecular formula is C16H28N4. The zero-order chi connectivity index (χ0) is 14.4. The van der Waals surface area contributed by atoms with Gasteiger partial charge in [-0.15, -0.1) is 0 Å². The lowest BCUT2D eigenvalue weighted by atomic mass is 9.89. The molecule has 0 bridgehead atoms. The second-order valence-corrected chi connectivity index (χ2v) is 5.79. The zero-order valence-electron chi connectivity index (χ0n) is 13.2. The second-order valence-electron chi connectivity index (χ2n) is 5.79. The highest BCUT2D eigenvalue weighted by molar-refractivity contribution is 5.58. The van der Waals surface area contributed by atoms with Gasteiger partial charge in [0.1, 0.15) is 18.0 Å². The summed E-state index contributed by atoms with van der Waals surface area (Å²) in [5, 5.41) is 3.35. The number of nitrogens with zero attached hydrogens (tertiary/aromatic N) is 3. The Morgan fingerprint density at radius 3 is 2.60 bits per heavy atom. The van der Waals surface area contributed by atoms with Crippen molar-refractivity contribution in [3.63, 3.8) is 0 Å². The molecule has 0 aromatic carbocycles. The monoisotopic (exact) mass is 276 g/mol. The number of rotatable bonds is 6. The molecular weight excluding hydrogens is 248 g/mol. The molecule has 1 aromatic rings. The molecule has 1 aliphatic rings. The van der Waals surface area contributed by atoms with Gasteiger partial charge in [0, 0.05) is 25.7 Å². The van der Waals surface area contributed by atoms with Crippen LogP contribution in [0.1, 0.15) is 51.5 Å². The lowest BCUT2D eigenvalue weighted by molar-refractivity contribution is 0.361. The van der Waals surface area contributed by atoms with Crippen LogP contribution in [0.15, 0.2) is 6.33 Å². The van der Waals surface area contributed by atoms with Crippen LogP contribution in [0, 0.1) is 5.92 Å². The summed E-state index contributed by atoms with van der Waals surface area (Å²) in [5.74, 6) is 2.93. The molecule has 1 saturated carbocycles. The highest BCUT2D eigenvalue weighted by Gasteiger charge is 2.19. The van der Waals surface area contributed by atoms with Gasteiger partial charge in [0.25, 0.3) is 0 Å². The maximum absolute atomic E-state index is 4.53. The van der Waals surface area contributed by atoms with Crippen LogP contribution in [0.3, 0.4) is 0 Å². The van der Waals surface area contributed by atoms with Crippen molar-refractivity contribution < 1.29 is 0 Å². The fraction of sp³-hybridized carbons (Fsp3) is 0.750. The first-order chi connectivity index (χ1) is 9.76. The maximum Gasteiger partial charge on any atom is 0.137 e. The van der Waals surface area contributed by atoms with Crippen LogP contribution < -0.4 is 10.2 Å². The summed E-state index contributed by atoms with van der Waals surface area (Å²) in [6.45, 7) is 6.30. The van der Waals surface area contributed by atoms with Crippen LogP contribution in [0.2, 0.25) is 0 Å². The third kappa shape index (κ3) is 3.62. The van der Waals surface area contributed by atoms with Crippen LogP contribution >= 0.6 is 0 Å². The van der Waals surface area contributed by atoms with Gasteiger partial charge >= 0.3 is 0 Å². The molecule has 1 fully saturated rings. The highest BCUT2D eigenvalue weighted by atomic mass is 15.2. The summed E-state index contributed by atoms with van der Waals surface area (Å²) in [6.07, 6.45) is 9.60. The van der Waals surface area contributed by atoms with Crippen LogP contribution in [-0.2, 0) is 6.42 Å². The van der Waals surface area contributed by atoms with Gasteiger partial charge in [0.15, 0.2) is 0 Å². The van der Waals surface area contributed by atoms with Crippen LogP contribution in [-0.4, -0.2) is 30.1 Å². The number of hydrogen-bond donors (Lipinski definition) is 1. The van der Waals surface area contributed by atoms with Gasteiger partial charge in [-0.3, -0.25) is 0 Å². The molecule has 0 atom stereocenters. The number of nitrogens with one attached hydrogen (secondary N) is 1. The van der Waals surface area contributed by atoms with Crippen molar-refractivity contribution in [2.24, 2.45) is 5.92 Å². The maximum atomic E-state index is 4.53. The minimum atomic E-state index is 0.830. The quantitative estimate of drug-likeness (QED) is 0.863. The Balaban J connectivity index is 2.11. The predicted molar refractivity (Wildman–Crippen MR) is 85.4 cm³/mol. The van der Waals surface area contributed by atoms with Crippen molar-refractivity contribution >= 4 is 11.6 Å². The first kappa shape index (κ1) is 15.1. The smallest absolute Gasteiger partial charge is 0.137 e. The Labute approximate surface area is 123 Å². The van der Waals surface area contributed by atoms with E-state index in [4.69, 9.17) is 0 Å². The first-order valence-electron chi connectivity index (χ1n) is 8.05. The predicted octanol–water partition coefficient (Wildman–Crippen LogP) is 3.49. The second kappa shape index (κ2) is 7.46. The standard InChI is InChI=1S/C16H28N4/c1-4-14-15(17-5-2)18-12-19-16(14)20(3)11-13-9-7-6-8-10-13/h12-13H,4-11H2,1-3H3,(H,17,18,19). The SMILES string of the molecule is CCNc1ncnc(N(C)CC2CCCCC2)c1CC. The fourth-order valence-corrected chi connectivity index (χ4v) is 3.22. The van der Waals surface area contributed by atoms with Crippen molar-refractivity contribution in [1.82, 2.24) is 9.97 Å². The van der Waals surface area contributed by atoms with E-state index < -0.39 is 0 Å². The zero-order valence-corrected chi connectivity index (χ0v) is 13.2. The molecule has 1 heterocycles. The molecule has 0 aliphatic heterocycles. The summed E-state index contributed by atoms with van der Waals surface area (Å²) in [6, 6.07) is 0. The van der Waals surface area contributed by atoms with Crippen molar-refractivity contribution in [3.05, 3.63) is 11.9 Å². The van der Waals surface area contributed by atoms with Crippen molar-refractivity contribution in [2.45, 2.75) is 52.4 Å². The molecule has 1 aromatic heterocycles. The lowest BCUT2D eigenvalue weighted by Crippen LogP contribution is -2.28. The van der Waals surface area contributed by atoms with E-state index in [1.807, 2.05) is 0 Å². The largest absolute Gasteiger partial charge is 0.370 e. The van der Waals surface area contributed by atoms with Gasteiger partial charge in [0.2, 0.25) is 0 Å².